The van der Waals surface area contributed by atoms with E-state index < -0.39 is 20.6 Å². The van der Waals surface area contributed by atoms with E-state index in [0.717, 1.165) is 17.9 Å². The van der Waals surface area contributed by atoms with Crippen LogP contribution in [0.1, 0.15) is 0 Å². The average Bonchev–Trinajstić information content (AvgIpc) is 2.47. The molecular formula is C13H14N2O6S2. The molecule has 0 aliphatic rings. The summed E-state index contributed by atoms with van der Waals surface area (Å²) in [7, 11) is -5.22. The number of methoxy groups -OCH3 is 1. The van der Waals surface area contributed by atoms with Gasteiger partial charge in [-0.25, -0.2) is 0 Å². The van der Waals surface area contributed by atoms with E-state index in [1.54, 1.807) is 13.2 Å². The molecule has 0 aromatic heterocycles. The molecule has 0 fully saturated rings. The van der Waals surface area contributed by atoms with Crippen molar-refractivity contribution in [3.8, 4) is 5.75 Å². The highest BCUT2D eigenvalue weighted by Crippen LogP contribution is 2.18. The summed E-state index contributed by atoms with van der Waals surface area (Å²) < 4.78 is 58.0. The highest BCUT2D eigenvalue weighted by Gasteiger charge is 2.07. The van der Waals surface area contributed by atoms with E-state index in [-0.39, 0.29) is 10.6 Å². The minimum absolute atomic E-state index is 0.0886. The van der Waals surface area contributed by atoms with Crippen LogP contribution in [0, 0.1) is 0 Å². The summed E-state index contributed by atoms with van der Waals surface area (Å²) in [6, 6.07) is 11.8. The first-order valence-electron chi connectivity index (χ1n) is 6.01. The lowest BCUT2D eigenvalue weighted by atomic mass is 10.3. The normalized spacial score (nSPS) is 10.2. The highest BCUT2D eigenvalue weighted by molar-refractivity contribution is 7.85. The number of anilines is 1. The Hall–Kier alpha value is -2.43. The molecule has 0 aliphatic heterocycles. The molecule has 124 valence electrons. The molecule has 23 heavy (non-hydrogen) atoms. The largest absolute Gasteiger partial charge is 0.495 e. The van der Waals surface area contributed by atoms with E-state index >= 15 is 0 Å². The Morgan fingerprint density at radius 1 is 1.09 bits per heavy atom. The first-order valence-corrected chi connectivity index (χ1v) is 8.48. The van der Waals surface area contributed by atoms with Crippen molar-refractivity contribution in [2.24, 2.45) is 4.36 Å². The van der Waals surface area contributed by atoms with Crippen LogP contribution >= 0.6 is 0 Å². The number of hydrogen-bond donors (Lipinski definition) is 2. The Balaban J connectivity index is 0.000000253. The first-order chi connectivity index (χ1) is 10.7. The lowest BCUT2D eigenvalue weighted by Gasteiger charge is -2.00. The predicted octanol–water partition coefficient (Wildman–Crippen LogP) is 1.90. The molecule has 10 heteroatoms. The monoisotopic (exact) mass is 358 g/mol. The van der Waals surface area contributed by atoms with Gasteiger partial charge >= 0.3 is 10.5 Å². The summed E-state index contributed by atoms with van der Waals surface area (Å²) in [4.78, 5) is -0.312. The minimum Gasteiger partial charge on any atom is -0.495 e. The van der Waals surface area contributed by atoms with Crippen molar-refractivity contribution >= 4 is 32.0 Å². The molecule has 0 bridgehead atoms. The van der Waals surface area contributed by atoms with Gasteiger partial charge in [0.25, 0.3) is 10.1 Å². The van der Waals surface area contributed by atoms with Crippen LogP contribution in [-0.2, 0) is 20.6 Å². The van der Waals surface area contributed by atoms with Gasteiger partial charge in [0.1, 0.15) is 5.75 Å². The molecule has 8 nitrogen and oxygen atoms in total. The van der Waals surface area contributed by atoms with E-state index in [0.29, 0.717) is 5.69 Å². The van der Waals surface area contributed by atoms with Crippen LogP contribution in [0.4, 0.5) is 11.4 Å². The van der Waals surface area contributed by atoms with Gasteiger partial charge in [0, 0.05) is 0 Å². The highest BCUT2D eigenvalue weighted by atomic mass is 32.2. The van der Waals surface area contributed by atoms with Crippen LogP contribution in [-0.4, -0.2) is 28.5 Å². The van der Waals surface area contributed by atoms with Gasteiger partial charge in [-0.05, 0) is 36.4 Å². The molecule has 2 aromatic rings. The maximum atomic E-state index is 10.6. The lowest BCUT2D eigenvalue weighted by Crippen LogP contribution is -1.96. The Kier molecular flexibility index (Phi) is 6.69. The summed E-state index contributed by atoms with van der Waals surface area (Å²) >= 11 is 0. The Labute approximate surface area is 135 Å². The molecule has 0 radical (unpaired) electrons. The number of hydrogen-bond acceptors (Lipinski definition) is 7. The number of benzene rings is 2. The van der Waals surface area contributed by atoms with Gasteiger partial charge in [-0.1, -0.05) is 12.1 Å². The van der Waals surface area contributed by atoms with E-state index in [9.17, 15) is 16.8 Å². The zero-order chi connectivity index (χ0) is 17.5. The minimum atomic E-state index is -4.24. The van der Waals surface area contributed by atoms with Crippen molar-refractivity contribution in [1.29, 1.82) is 0 Å². The fourth-order valence-electron chi connectivity index (χ4n) is 1.43. The van der Waals surface area contributed by atoms with Crippen LogP contribution in [0.25, 0.3) is 0 Å². The van der Waals surface area contributed by atoms with Gasteiger partial charge in [-0.15, -0.1) is 4.36 Å². The second-order valence-electron chi connectivity index (χ2n) is 4.02. The van der Waals surface area contributed by atoms with E-state index in [1.807, 2.05) is 18.2 Å². The van der Waals surface area contributed by atoms with Crippen molar-refractivity contribution in [1.82, 2.24) is 0 Å². The summed E-state index contributed by atoms with van der Waals surface area (Å²) in [5.41, 5.74) is 6.28. The smallest absolute Gasteiger partial charge is 0.316 e. The summed E-state index contributed by atoms with van der Waals surface area (Å²) in [5.74, 6) is 0.734. The number of ether oxygens (including phenoxy) is 1. The summed E-state index contributed by atoms with van der Waals surface area (Å²) in [6.07, 6.45) is 0. The van der Waals surface area contributed by atoms with Crippen molar-refractivity contribution in [3.05, 3.63) is 48.5 Å². The van der Waals surface area contributed by atoms with Crippen molar-refractivity contribution < 1.29 is 26.1 Å². The number of nitrogens with two attached hydrogens (primary N) is 1. The zero-order valence-electron chi connectivity index (χ0n) is 11.9. The molecule has 3 N–H and O–H groups in total. The Morgan fingerprint density at radius 2 is 1.65 bits per heavy atom. The van der Waals surface area contributed by atoms with Crippen LogP contribution in [0.2, 0.25) is 0 Å². The van der Waals surface area contributed by atoms with Gasteiger partial charge in [-0.3, -0.25) is 4.55 Å². The van der Waals surface area contributed by atoms with Crippen LogP contribution < -0.4 is 10.5 Å². The van der Waals surface area contributed by atoms with E-state index in [2.05, 4.69) is 4.36 Å². The maximum absolute atomic E-state index is 10.6. The molecule has 0 unspecified atom stereocenters. The van der Waals surface area contributed by atoms with Gasteiger partial charge in [-0.2, -0.15) is 16.8 Å². The second-order valence-corrected chi connectivity index (χ2v) is 6.06. The molecule has 0 saturated heterocycles. The topological polar surface area (TPSA) is 136 Å². The third kappa shape index (κ3) is 6.46. The third-order valence-corrected chi connectivity index (χ3v) is 3.68. The summed E-state index contributed by atoms with van der Waals surface area (Å²) in [6.45, 7) is 0. The zero-order valence-corrected chi connectivity index (χ0v) is 13.6. The van der Waals surface area contributed by atoms with Gasteiger partial charge in [0.05, 0.1) is 23.4 Å². The first kappa shape index (κ1) is 18.6. The fourth-order valence-corrected chi connectivity index (χ4v) is 2.21. The standard InChI is InChI=1S/C7H9NO.C6H5NO5S2/c1-9-7-5-3-2-4-6(7)8;8-13(9)7-5-1-3-6(4-2-5)14(10,11)12/h2-5H,8H2,1H3;1-4H,(H,10,11,12). The molecule has 0 atom stereocenters. The lowest BCUT2D eigenvalue weighted by molar-refractivity contribution is 0.417. The van der Waals surface area contributed by atoms with Gasteiger partial charge in [0.15, 0.2) is 0 Å². The molecule has 0 spiro atoms. The molecule has 2 rings (SSSR count). The molecule has 0 saturated carbocycles. The van der Waals surface area contributed by atoms with Gasteiger partial charge < -0.3 is 10.5 Å². The van der Waals surface area contributed by atoms with Crippen molar-refractivity contribution in [3.63, 3.8) is 0 Å². The van der Waals surface area contributed by atoms with Crippen molar-refractivity contribution in [2.75, 3.05) is 12.8 Å². The quantitative estimate of drug-likeness (QED) is 0.631. The second kappa shape index (κ2) is 8.27. The predicted molar refractivity (Wildman–Crippen MR) is 84.7 cm³/mol. The molecule has 0 aliphatic carbocycles. The fraction of sp³-hybridized carbons (Fsp3) is 0.0769. The maximum Gasteiger partial charge on any atom is 0.316 e. The molecule has 0 heterocycles. The van der Waals surface area contributed by atoms with E-state index in [4.69, 9.17) is 15.0 Å². The van der Waals surface area contributed by atoms with E-state index in [1.165, 1.54) is 12.1 Å². The van der Waals surface area contributed by atoms with Crippen LogP contribution in [0.15, 0.2) is 57.8 Å². The van der Waals surface area contributed by atoms with Crippen LogP contribution in [0.3, 0.4) is 0 Å². The van der Waals surface area contributed by atoms with Crippen molar-refractivity contribution in [2.45, 2.75) is 4.90 Å². The third-order valence-electron chi connectivity index (χ3n) is 2.45. The molecule has 0 amide bonds. The number of nitrogens with zero attached hydrogens (tertiary/aromatic N) is 1. The molecule has 2 aromatic carbocycles. The Bertz CT molecular complexity index is 882. The Morgan fingerprint density at radius 3 is 2.04 bits per heavy atom. The molecular weight excluding hydrogens is 344 g/mol. The van der Waals surface area contributed by atoms with Gasteiger partial charge in [0.2, 0.25) is 0 Å². The number of nitrogen functional groups attached to an aromatic ring is 1. The summed E-state index contributed by atoms with van der Waals surface area (Å²) in [5, 5.41) is 0. The van der Waals surface area contributed by atoms with Crippen LogP contribution in [0.5, 0.6) is 5.75 Å². The average molecular weight is 358 g/mol. The SMILES string of the molecule is COc1ccccc1N.O=S(=O)=Nc1ccc(S(=O)(=O)O)cc1. The number of para-hydroxylation sites is 2. The number of rotatable bonds is 3.